The molecule has 5 heteroatoms. The second-order valence-corrected chi connectivity index (χ2v) is 7.29. The van der Waals surface area contributed by atoms with Crippen molar-refractivity contribution in [3.05, 3.63) is 70.8 Å². The van der Waals surface area contributed by atoms with Crippen molar-refractivity contribution in [2.24, 2.45) is 0 Å². The summed E-state index contributed by atoms with van der Waals surface area (Å²) in [5, 5.41) is 10.3. The molecule has 0 spiro atoms. The molecule has 0 bridgehead atoms. The third kappa shape index (κ3) is 4.92. The van der Waals surface area contributed by atoms with E-state index >= 15 is 0 Å². The highest BCUT2D eigenvalue weighted by Crippen LogP contribution is 2.17. The molecule has 5 nitrogen and oxygen atoms in total. The number of amides is 2. The van der Waals surface area contributed by atoms with Gasteiger partial charge in [0.2, 0.25) is 0 Å². The minimum Gasteiger partial charge on any atom is -0.396 e. The summed E-state index contributed by atoms with van der Waals surface area (Å²) < 4.78 is 0. The lowest BCUT2D eigenvalue weighted by Crippen LogP contribution is -2.55. The van der Waals surface area contributed by atoms with Gasteiger partial charge in [-0.15, -0.1) is 0 Å². The number of hydrazine groups is 1. The molecule has 138 valence electrons. The van der Waals surface area contributed by atoms with Crippen molar-refractivity contribution in [3.8, 4) is 0 Å². The second-order valence-electron chi connectivity index (χ2n) is 7.29. The average Bonchev–Trinajstić information content (AvgIpc) is 2.59. The van der Waals surface area contributed by atoms with Crippen LogP contribution in [-0.2, 0) is 6.42 Å². The van der Waals surface area contributed by atoms with Gasteiger partial charge in [0.05, 0.1) is 5.54 Å². The molecule has 2 N–H and O–H groups in total. The van der Waals surface area contributed by atoms with Gasteiger partial charge in [0.1, 0.15) is 0 Å². The van der Waals surface area contributed by atoms with Crippen LogP contribution in [0.5, 0.6) is 0 Å². The zero-order valence-electron chi connectivity index (χ0n) is 15.7. The summed E-state index contributed by atoms with van der Waals surface area (Å²) in [5.41, 5.74) is 5.06. The Bertz CT molecular complexity index is 777. The van der Waals surface area contributed by atoms with Gasteiger partial charge in [-0.1, -0.05) is 29.8 Å². The number of aryl methyl sites for hydroxylation is 1. The number of carbonyl (C=O) groups is 2. The van der Waals surface area contributed by atoms with Crippen molar-refractivity contribution in [2.45, 2.75) is 39.7 Å². The lowest BCUT2D eigenvalue weighted by atomic mass is 10.1. The van der Waals surface area contributed by atoms with Gasteiger partial charge in [0.25, 0.3) is 11.8 Å². The Balaban J connectivity index is 2.22. The van der Waals surface area contributed by atoms with E-state index in [9.17, 15) is 9.59 Å². The highest BCUT2D eigenvalue weighted by atomic mass is 16.3. The summed E-state index contributed by atoms with van der Waals surface area (Å²) in [5.74, 6) is -0.608. The molecule has 2 aromatic carbocycles. The molecule has 0 radical (unpaired) electrons. The third-order valence-corrected chi connectivity index (χ3v) is 3.97. The lowest BCUT2D eigenvalue weighted by Gasteiger charge is -2.35. The topological polar surface area (TPSA) is 69.6 Å². The van der Waals surface area contributed by atoms with Crippen molar-refractivity contribution in [2.75, 3.05) is 6.61 Å². The number of nitrogens with one attached hydrogen (secondary N) is 1. The Hall–Kier alpha value is -2.66. The van der Waals surface area contributed by atoms with Crippen molar-refractivity contribution >= 4 is 11.8 Å². The molecule has 0 heterocycles. The van der Waals surface area contributed by atoms with E-state index in [-0.39, 0.29) is 18.4 Å². The lowest BCUT2D eigenvalue weighted by molar-refractivity contribution is 0.0358. The summed E-state index contributed by atoms with van der Waals surface area (Å²) in [4.78, 5) is 25.6. The molecule has 2 aromatic rings. The van der Waals surface area contributed by atoms with Crippen molar-refractivity contribution < 1.29 is 14.7 Å². The normalized spacial score (nSPS) is 11.1. The Morgan fingerprint density at radius 3 is 2.23 bits per heavy atom. The van der Waals surface area contributed by atoms with E-state index in [0.717, 1.165) is 11.1 Å². The van der Waals surface area contributed by atoms with Crippen LogP contribution in [0, 0.1) is 6.92 Å². The van der Waals surface area contributed by atoms with E-state index in [0.29, 0.717) is 17.5 Å². The van der Waals surface area contributed by atoms with Gasteiger partial charge in [-0.2, -0.15) is 0 Å². The molecule has 0 saturated heterocycles. The number of carbonyl (C=O) groups excluding carboxylic acids is 2. The van der Waals surface area contributed by atoms with Crippen molar-refractivity contribution in [3.63, 3.8) is 0 Å². The van der Waals surface area contributed by atoms with Crippen LogP contribution < -0.4 is 5.43 Å². The van der Waals surface area contributed by atoms with Crippen LogP contribution in [0.15, 0.2) is 48.5 Å². The van der Waals surface area contributed by atoms with Gasteiger partial charge in [-0.25, -0.2) is 5.01 Å². The Morgan fingerprint density at radius 2 is 1.69 bits per heavy atom. The minimum absolute atomic E-state index is 0.0638. The molecular formula is C21H26N2O3. The minimum atomic E-state index is -0.590. The van der Waals surface area contributed by atoms with E-state index in [1.807, 2.05) is 39.8 Å². The molecule has 0 aliphatic heterocycles. The predicted molar refractivity (Wildman–Crippen MR) is 102 cm³/mol. The molecule has 0 aliphatic carbocycles. The fourth-order valence-corrected chi connectivity index (χ4v) is 2.55. The first-order chi connectivity index (χ1) is 12.2. The van der Waals surface area contributed by atoms with Gasteiger partial charge in [-0.3, -0.25) is 15.0 Å². The number of hydrogen-bond donors (Lipinski definition) is 2. The molecule has 2 amide bonds. The molecular weight excluding hydrogens is 328 g/mol. The first kappa shape index (κ1) is 19.7. The predicted octanol–water partition coefficient (Wildman–Crippen LogP) is 3.12. The van der Waals surface area contributed by atoms with Crippen LogP contribution in [0.25, 0.3) is 0 Å². The number of nitrogens with zero attached hydrogens (tertiary/aromatic N) is 1. The maximum atomic E-state index is 12.9. The molecule has 0 saturated carbocycles. The van der Waals surface area contributed by atoms with Gasteiger partial charge in [-0.05, 0) is 63.9 Å². The fourth-order valence-electron chi connectivity index (χ4n) is 2.55. The van der Waals surface area contributed by atoms with Crippen LogP contribution in [0.2, 0.25) is 0 Å². The summed E-state index contributed by atoms with van der Waals surface area (Å²) in [6.45, 7) is 7.58. The Labute approximate surface area is 154 Å². The monoisotopic (exact) mass is 354 g/mol. The number of benzene rings is 2. The number of rotatable bonds is 4. The molecule has 0 aromatic heterocycles. The highest BCUT2D eigenvalue weighted by molar-refractivity contribution is 5.99. The van der Waals surface area contributed by atoms with E-state index in [1.54, 1.807) is 36.4 Å². The van der Waals surface area contributed by atoms with Crippen LogP contribution in [0.3, 0.4) is 0 Å². The number of hydrogen-bond acceptors (Lipinski definition) is 3. The molecule has 26 heavy (non-hydrogen) atoms. The molecule has 0 atom stereocenters. The van der Waals surface area contributed by atoms with E-state index < -0.39 is 5.54 Å². The van der Waals surface area contributed by atoms with E-state index in [1.165, 1.54) is 5.01 Å². The van der Waals surface area contributed by atoms with Crippen LogP contribution in [-0.4, -0.2) is 34.1 Å². The van der Waals surface area contributed by atoms with Crippen molar-refractivity contribution in [1.29, 1.82) is 0 Å². The SMILES string of the molecule is Cc1cccc(C(=O)N(NC(=O)c2ccc(CCO)cc2)C(C)(C)C)c1. The standard InChI is InChI=1S/C21H26N2O3/c1-15-6-5-7-18(14-15)20(26)23(21(2,3)4)22-19(25)17-10-8-16(9-11-17)12-13-24/h5-11,14,24H,12-13H2,1-4H3,(H,22,25). The van der Waals surface area contributed by atoms with Gasteiger partial charge in [0, 0.05) is 17.7 Å². The quantitative estimate of drug-likeness (QED) is 0.829. The Kier molecular flexibility index (Phi) is 6.16. The highest BCUT2D eigenvalue weighted by Gasteiger charge is 2.29. The maximum Gasteiger partial charge on any atom is 0.272 e. The van der Waals surface area contributed by atoms with E-state index in [4.69, 9.17) is 5.11 Å². The largest absolute Gasteiger partial charge is 0.396 e. The summed E-state index contributed by atoms with van der Waals surface area (Å²) >= 11 is 0. The second kappa shape index (κ2) is 8.15. The summed E-state index contributed by atoms with van der Waals surface area (Å²) in [6, 6.07) is 14.3. The first-order valence-corrected chi connectivity index (χ1v) is 8.64. The summed E-state index contributed by atoms with van der Waals surface area (Å²) in [6.07, 6.45) is 0.544. The summed E-state index contributed by atoms with van der Waals surface area (Å²) in [7, 11) is 0. The van der Waals surface area contributed by atoms with Gasteiger partial charge < -0.3 is 5.11 Å². The van der Waals surface area contributed by atoms with Crippen LogP contribution in [0.4, 0.5) is 0 Å². The zero-order chi connectivity index (χ0) is 19.3. The van der Waals surface area contributed by atoms with Crippen molar-refractivity contribution in [1.82, 2.24) is 10.4 Å². The fraction of sp³-hybridized carbons (Fsp3) is 0.333. The number of aliphatic hydroxyl groups is 1. The molecule has 0 aliphatic rings. The smallest absolute Gasteiger partial charge is 0.272 e. The van der Waals surface area contributed by atoms with Crippen LogP contribution in [0.1, 0.15) is 52.6 Å². The third-order valence-electron chi connectivity index (χ3n) is 3.97. The zero-order valence-corrected chi connectivity index (χ0v) is 15.7. The van der Waals surface area contributed by atoms with Crippen LogP contribution >= 0.6 is 0 Å². The first-order valence-electron chi connectivity index (χ1n) is 8.64. The molecule has 0 fully saturated rings. The van der Waals surface area contributed by atoms with Gasteiger partial charge >= 0.3 is 0 Å². The van der Waals surface area contributed by atoms with Gasteiger partial charge in [0.15, 0.2) is 0 Å². The Morgan fingerprint density at radius 1 is 1.04 bits per heavy atom. The molecule has 0 unspecified atom stereocenters. The van der Waals surface area contributed by atoms with E-state index in [2.05, 4.69) is 5.43 Å². The number of aliphatic hydroxyl groups excluding tert-OH is 1. The maximum absolute atomic E-state index is 12.9. The molecule has 2 rings (SSSR count). The average molecular weight is 354 g/mol.